The Bertz CT molecular complexity index is 727. The number of hydrogen-bond acceptors (Lipinski definition) is 3. The molecule has 3 rings (SSSR count). The molecule has 2 aromatic carbocycles. The molecule has 0 N–H and O–H groups in total. The van der Waals surface area contributed by atoms with Gasteiger partial charge in [0, 0.05) is 19.4 Å². The Morgan fingerprint density at radius 1 is 1.12 bits per heavy atom. The summed E-state index contributed by atoms with van der Waals surface area (Å²) in [6, 6.07) is 17.2. The van der Waals surface area contributed by atoms with Crippen LogP contribution in [0.5, 0.6) is 0 Å². The van der Waals surface area contributed by atoms with Gasteiger partial charge in [-0.05, 0) is 23.6 Å². The van der Waals surface area contributed by atoms with Crippen molar-refractivity contribution in [1.29, 1.82) is 0 Å². The first-order valence-electron chi connectivity index (χ1n) is 8.19. The fourth-order valence-electron chi connectivity index (χ4n) is 3.09. The van der Waals surface area contributed by atoms with Crippen LogP contribution in [-0.4, -0.2) is 23.3 Å². The minimum absolute atomic E-state index is 0.190. The summed E-state index contributed by atoms with van der Waals surface area (Å²) in [7, 11) is 0. The number of nitrogens with zero attached hydrogens (tertiary/aromatic N) is 1. The van der Waals surface area contributed by atoms with Crippen molar-refractivity contribution in [2.75, 3.05) is 6.54 Å². The molecular formula is C20H21NO3. The van der Waals surface area contributed by atoms with E-state index in [1.807, 2.05) is 61.5 Å². The van der Waals surface area contributed by atoms with Gasteiger partial charge in [-0.25, -0.2) is 4.79 Å². The van der Waals surface area contributed by atoms with E-state index in [0.717, 1.165) is 16.7 Å². The highest BCUT2D eigenvalue weighted by atomic mass is 16.6. The summed E-state index contributed by atoms with van der Waals surface area (Å²) in [5.41, 5.74) is 3.05. The SMILES string of the molecule is Cc1ccccc1[C@H]1CC(=O)CCN1C(=O)OCc1ccccc1. The zero-order valence-corrected chi connectivity index (χ0v) is 13.8. The Kier molecular flexibility index (Phi) is 4.94. The molecule has 1 heterocycles. The second-order valence-corrected chi connectivity index (χ2v) is 6.10. The third kappa shape index (κ3) is 3.65. The van der Waals surface area contributed by atoms with E-state index in [4.69, 9.17) is 4.74 Å². The average Bonchev–Trinajstić information content (AvgIpc) is 2.61. The van der Waals surface area contributed by atoms with Crippen molar-refractivity contribution in [3.63, 3.8) is 0 Å². The lowest BCUT2D eigenvalue weighted by Crippen LogP contribution is -2.41. The molecule has 24 heavy (non-hydrogen) atoms. The van der Waals surface area contributed by atoms with Crippen LogP contribution < -0.4 is 0 Å². The molecule has 1 atom stereocenters. The number of carbonyl (C=O) groups is 2. The molecule has 0 spiro atoms. The van der Waals surface area contributed by atoms with Gasteiger partial charge in [-0.3, -0.25) is 4.79 Å². The van der Waals surface area contributed by atoms with Crippen LogP contribution in [0.4, 0.5) is 4.79 Å². The van der Waals surface area contributed by atoms with Crippen molar-refractivity contribution < 1.29 is 14.3 Å². The van der Waals surface area contributed by atoms with Gasteiger partial charge in [0.2, 0.25) is 0 Å². The van der Waals surface area contributed by atoms with Gasteiger partial charge >= 0.3 is 6.09 Å². The molecule has 4 nitrogen and oxygen atoms in total. The van der Waals surface area contributed by atoms with Gasteiger partial charge in [0.1, 0.15) is 12.4 Å². The van der Waals surface area contributed by atoms with Gasteiger partial charge in [-0.1, -0.05) is 54.6 Å². The Labute approximate surface area is 142 Å². The van der Waals surface area contributed by atoms with Gasteiger partial charge in [-0.15, -0.1) is 0 Å². The van der Waals surface area contributed by atoms with Crippen molar-refractivity contribution in [2.24, 2.45) is 0 Å². The van der Waals surface area contributed by atoms with E-state index in [-0.39, 0.29) is 24.5 Å². The van der Waals surface area contributed by atoms with Crippen molar-refractivity contribution in [1.82, 2.24) is 4.90 Å². The molecule has 0 aliphatic carbocycles. The summed E-state index contributed by atoms with van der Waals surface area (Å²) < 4.78 is 5.47. The lowest BCUT2D eigenvalue weighted by Gasteiger charge is -2.35. The number of benzene rings is 2. The summed E-state index contributed by atoms with van der Waals surface area (Å²) in [4.78, 5) is 26.2. The molecule has 0 radical (unpaired) electrons. The molecule has 1 aliphatic heterocycles. The van der Waals surface area contributed by atoms with Crippen LogP contribution in [0.15, 0.2) is 54.6 Å². The molecule has 0 bridgehead atoms. The number of aryl methyl sites for hydroxylation is 1. The summed E-state index contributed by atoms with van der Waals surface area (Å²) >= 11 is 0. The quantitative estimate of drug-likeness (QED) is 0.856. The smallest absolute Gasteiger partial charge is 0.410 e. The number of piperidine rings is 1. The molecule has 0 unspecified atom stereocenters. The van der Waals surface area contributed by atoms with Crippen LogP contribution in [0.2, 0.25) is 0 Å². The van der Waals surface area contributed by atoms with E-state index in [1.54, 1.807) is 4.90 Å². The first kappa shape index (κ1) is 16.2. The summed E-state index contributed by atoms with van der Waals surface area (Å²) in [6.45, 7) is 2.65. The number of hydrogen-bond donors (Lipinski definition) is 0. The predicted molar refractivity (Wildman–Crippen MR) is 91.5 cm³/mol. The Morgan fingerprint density at radius 2 is 1.83 bits per heavy atom. The maximum absolute atomic E-state index is 12.6. The van der Waals surface area contributed by atoms with Gasteiger partial charge in [0.05, 0.1) is 6.04 Å². The first-order valence-corrected chi connectivity index (χ1v) is 8.19. The molecule has 1 fully saturated rings. The van der Waals surface area contributed by atoms with Crippen molar-refractivity contribution in [3.05, 3.63) is 71.3 Å². The zero-order valence-electron chi connectivity index (χ0n) is 13.8. The maximum atomic E-state index is 12.6. The second kappa shape index (κ2) is 7.30. The number of rotatable bonds is 3. The van der Waals surface area contributed by atoms with Crippen LogP contribution >= 0.6 is 0 Å². The van der Waals surface area contributed by atoms with Crippen LogP contribution in [0.1, 0.15) is 35.6 Å². The number of Topliss-reactive ketones (excluding diaryl/α,β-unsaturated/α-hetero) is 1. The van der Waals surface area contributed by atoms with Gasteiger partial charge in [0.15, 0.2) is 0 Å². The van der Waals surface area contributed by atoms with Crippen LogP contribution in [-0.2, 0) is 16.1 Å². The molecule has 0 saturated carbocycles. The Balaban J connectivity index is 1.75. The maximum Gasteiger partial charge on any atom is 0.410 e. The number of carbonyl (C=O) groups excluding carboxylic acids is 2. The molecule has 1 aliphatic rings. The third-order valence-corrected chi connectivity index (χ3v) is 4.42. The van der Waals surface area contributed by atoms with E-state index in [9.17, 15) is 9.59 Å². The summed E-state index contributed by atoms with van der Waals surface area (Å²) in [5.74, 6) is 0.190. The topological polar surface area (TPSA) is 46.6 Å². The van der Waals surface area contributed by atoms with Gasteiger partial charge in [0.25, 0.3) is 0 Å². The fourth-order valence-corrected chi connectivity index (χ4v) is 3.09. The normalized spacial score (nSPS) is 17.6. The van der Waals surface area contributed by atoms with E-state index in [0.29, 0.717) is 19.4 Å². The van der Waals surface area contributed by atoms with E-state index in [2.05, 4.69) is 0 Å². The largest absolute Gasteiger partial charge is 0.445 e. The standard InChI is InChI=1S/C20H21NO3/c1-15-7-5-6-10-18(15)19-13-17(22)11-12-21(19)20(23)24-14-16-8-3-2-4-9-16/h2-10,19H,11-14H2,1H3/t19-/m1/s1. The number of amides is 1. The zero-order chi connectivity index (χ0) is 16.9. The molecule has 1 saturated heterocycles. The number of ether oxygens (including phenoxy) is 1. The molecule has 0 aromatic heterocycles. The molecule has 124 valence electrons. The van der Waals surface area contributed by atoms with Gasteiger partial charge in [-0.2, -0.15) is 0 Å². The molecule has 1 amide bonds. The van der Waals surface area contributed by atoms with E-state index >= 15 is 0 Å². The van der Waals surface area contributed by atoms with Crippen molar-refractivity contribution >= 4 is 11.9 Å². The summed E-state index contributed by atoms with van der Waals surface area (Å²) in [6.07, 6.45) is 0.383. The van der Waals surface area contributed by atoms with Crippen LogP contribution in [0.3, 0.4) is 0 Å². The van der Waals surface area contributed by atoms with Crippen molar-refractivity contribution in [3.8, 4) is 0 Å². The highest BCUT2D eigenvalue weighted by molar-refractivity contribution is 5.82. The number of likely N-dealkylation sites (tertiary alicyclic amines) is 1. The highest BCUT2D eigenvalue weighted by Crippen LogP contribution is 2.31. The minimum Gasteiger partial charge on any atom is -0.445 e. The summed E-state index contributed by atoms with van der Waals surface area (Å²) in [5, 5.41) is 0. The monoisotopic (exact) mass is 323 g/mol. The average molecular weight is 323 g/mol. The molecular weight excluding hydrogens is 302 g/mol. The lowest BCUT2D eigenvalue weighted by molar-refractivity contribution is -0.122. The Hall–Kier alpha value is -2.62. The molecule has 4 heteroatoms. The van der Waals surface area contributed by atoms with Crippen LogP contribution in [0.25, 0.3) is 0 Å². The Morgan fingerprint density at radius 3 is 2.58 bits per heavy atom. The number of ketones is 1. The van der Waals surface area contributed by atoms with Gasteiger partial charge < -0.3 is 9.64 Å². The fraction of sp³-hybridized carbons (Fsp3) is 0.300. The lowest BCUT2D eigenvalue weighted by atomic mass is 9.92. The van der Waals surface area contributed by atoms with Crippen LogP contribution in [0, 0.1) is 6.92 Å². The third-order valence-electron chi connectivity index (χ3n) is 4.42. The minimum atomic E-state index is -0.361. The highest BCUT2D eigenvalue weighted by Gasteiger charge is 2.33. The molecule has 2 aromatic rings. The van der Waals surface area contributed by atoms with E-state index < -0.39 is 0 Å². The second-order valence-electron chi connectivity index (χ2n) is 6.10. The first-order chi connectivity index (χ1) is 11.6. The van der Waals surface area contributed by atoms with Crippen molar-refractivity contribution in [2.45, 2.75) is 32.4 Å². The predicted octanol–water partition coefficient (Wildman–Crippen LogP) is 4.04. The van der Waals surface area contributed by atoms with E-state index in [1.165, 1.54) is 0 Å².